The van der Waals surface area contributed by atoms with Crippen LogP contribution in [0.2, 0.25) is 10.0 Å². The van der Waals surface area contributed by atoms with Crippen LogP contribution in [0.5, 0.6) is 0 Å². The van der Waals surface area contributed by atoms with E-state index in [4.69, 9.17) is 27.6 Å². The summed E-state index contributed by atoms with van der Waals surface area (Å²) in [7, 11) is 0. The van der Waals surface area contributed by atoms with Gasteiger partial charge >= 0.3 is 0 Å². The molecule has 0 N–H and O–H groups in total. The Morgan fingerprint density at radius 3 is 2.77 bits per heavy atom. The number of hydrogen-bond donors (Lipinski definition) is 0. The Hall–Kier alpha value is -2.02. The summed E-state index contributed by atoms with van der Waals surface area (Å²) in [6.07, 6.45) is 0. The fourth-order valence-corrected chi connectivity index (χ4v) is 4.08. The standard InChI is InChI=1S/C18H14Cl2N4OS/c1-2-24-15-6-4-3-5-14(15)21-18(24)26-10-16-22-23-17(25-16)12-8-7-11(19)9-13(12)20/h3-9H,2,10H2,1H3. The molecule has 0 amide bonds. The molecule has 8 heteroatoms. The smallest absolute Gasteiger partial charge is 0.249 e. The SMILES string of the molecule is CCn1c(SCc2nnc(-c3ccc(Cl)cc3Cl)o2)nc2ccccc21. The molecule has 4 aromatic rings. The summed E-state index contributed by atoms with van der Waals surface area (Å²) in [5.74, 6) is 1.43. The second-order valence-electron chi connectivity index (χ2n) is 5.54. The largest absolute Gasteiger partial charge is 0.420 e. The highest BCUT2D eigenvalue weighted by atomic mass is 35.5. The Bertz CT molecular complexity index is 1080. The molecule has 2 aromatic heterocycles. The van der Waals surface area contributed by atoms with E-state index in [0.29, 0.717) is 33.1 Å². The highest BCUT2D eigenvalue weighted by Gasteiger charge is 2.15. The van der Waals surface area contributed by atoms with Crippen molar-refractivity contribution in [3.8, 4) is 11.5 Å². The Kier molecular flexibility index (Phi) is 4.89. The molecule has 4 rings (SSSR count). The summed E-state index contributed by atoms with van der Waals surface area (Å²) in [5.41, 5.74) is 2.77. The Morgan fingerprint density at radius 2 is 1.96 bits per heavy atom. The normalized spacial score (nSPS) is 11.3. The van der Waals surface area contributed by atoms with Crippen LogP contribution in [0.25, 0.3) is 22.5 Å². The van der Waals surface area contributed by atoms with Crippen molar-refractivity contribution in [2.24, 2.45) is 0 Å². The minimum atomic E-state index is 0.381. The van der Waals surface area contributed by atoms with Crippen LogP contribution in [-0.2, 0) is 12.3 Å². The second-order valence-corrected chi connectivity index (χ2v) is 7.33. The van der Waals surface area contributed by atoms with Crippen LogP contribution in [0.4, 0.5) is 0 Å². The lowest BCUT2D eigenvalue weighted by atomic mass is 10.2. The molecule has 0 bridgehead atoms. The first kappa shape index (κ1) is 17.4. The summed E-state index contributed by atoms with van der Waals surface area (Å²) in [4.78, 5) is 4.69. The first-order chi connectivity index (χ1) is 12.7. The van der Waals surface area contributed by atoms with Crippen LogP contribution < -0.4 is 0 Å². The highest BCUT2D eigenvalue weighted by molar-refractivity contribution is 7.98. The van der Waals surface area contributed by atoms with Crippen LogP contribution in [-0.4, -0.2) is 19.7 Å². The zero-order valence-corrected chi connectivity index (χ0v) is 16.1. The van der Waals surface area contributed by atoms with Crippen LogP contribution in [0.3, 0.4) is 0 Å². The average Bonchev–Trinajstić information content (AvgIpc) is 3.23. The lowest BCUT2D eigenvalue weighted by molar-refractivity contribution is 0.528. The number of nitrogens with zero attached hydrogens (tertiary/aromatic N) is 4. The maximum atomic E-state index is 6.20. The molecule has 0 saturated heterocycles. The highest BCUT2D eigenvalue weighted by Crippen LogP contribution is 2.31. The van der Waals surface area contributed by atoms with Gasteiger partial charge in [-0.25, -0.2) is 4.98 Å². The zero-order valence-electron chi connectivity index (χ0n) is 13.8. The molecule has 26 heavy (non-hydrogen) atoms. The third-order valence-corrected chi connectivity index (χ3v) is 5.40. The number of benzene rings is 2. The molecular formula is C18H14Cl2N4OS. The van der Waals surface area contributed by atoms with E-state index < -0.39 is 0 Å². The third-order valence-electron chi connectivity index (χ3n) is 3.89. The molecule has 132 valence electrons. The van der Waals surface area contributed by atoms with Crippen LogP contribution in [0.15, 0.2) is 52.0 Å². The van der Waals surface area contributed by atoms with Gasteiger partial charge < -0.3 is 8.98 Å². The lowest BCUT2D eigenvalue weighted by Gasteiger charge is -2.03. The van der Waals surface area contributed by atoms with E-state index in [1.54, 1.807) is 30.0 Å². The van der Waals surface area contributed by atoms with Gasteiger partial charge in [0.2, 0.25) is 11.8 Å². The van der Waals surface area contributed by atoms with Gasteiger partial charge in [0, 0.05) is 11.6 Å². The first-order valence-corrected chi connectivity index (χ1v) is 9.75. The lowest BCUT2D eigenvalue weighted by Crippen LogP contribution is -1.96. The van der Waals surface area contributed by atoms with Gasteiger partial charge in [0.15, 0.2) is 5.16 Å². The van der Waals surface area contributed by atoms with E-state index in [2.05, 4.69) is 32.7 Å². The summed E-state index contributed by atoms with van der Waals surface area (Å²) < 4.78 is 7.93. The Morgan fingerprint density at radius 1 is 1.12 bits per heavy atom. The minimum absolute atomic E-state index is 0.381. The molecule has 0 aliphatic heterocycles. The van der Waals surface area contributed by atoms with E-state index in [-0.39, 0.29) is 0 Å². The number of thioether (sulfide) groups is 1. The molecule has 0 aliphatic rings. The van der Waals surface area contributed by atoms with Crippen molar-refractivity contribution in [3.63, 3.8) is 0 Å². The molecule has 0 unspecified atom stereocenters. The molecule has 0 saturated carbocycles. The molecule has 0 atom stereocenters. The van der Waals surface area contributed by atoms with Crippen LogP contribution in [0, 0.1) is 0 Å². The average molecular weight is 405 g/mol. The number of hydrogen-bond acceptors (Lipinski definition) is 5. The number of fused-ring (bicyclic) bond motifs is 1. The maximum Gasteiger partial charge on any atom is 0.249 e. The van der Waals surface area contributed by atoms with Crippen molar-refractivity contribution in [2.45, 2.75) is 24.4 Å². The number of imidazole rings is 1. The van der Waals surface area contributed by atoms with Crippen molar-refractivity contribution in [3.05, 3.63) is 58.4 Å². The van der Waals surface area contributed by atoms with Crippen molar-refractivity contribution in [1.82, 2.24) is 19.7 Å². The fourth-order valence-electron chi connectivity index (χ4n) is 2.68. The summed E-state index contributed by atoms with van der Waals surface area (Å²) in [6.45, 7) is 2.95. The number of halogens is 2. The van der Waals surface area contributed by atoms with Gasteiger partial charge in [0.05, 0.1) is 27.4 Å². The quantitative estimate of drug-likeness (QED) is 0.399. The Labute approximate surface area is 164 Å². The summed E-state index contributed by atoms with van der Waals surface area (Å²) >= 11 is 13.7. The summed E-state index contributed by atoms with van der Waals surface area (Å²) in [6, 6.07) is 13.3. The van der Waals surface area contributed by atoms with Gasteiger partial charge in [0.25, 0.3) is 0 Å². The molecular weight excluding hydrogens is 391 g/mol. The van der Waals surface area contributed by atoms with Crippen molar-refractivity contribution >= 4 is 46.0 Å². The van der Waals surface area contributed by atoms with Crippen molar-refractivity contribution in [2.75, 3.05) is 0 Å². The van der Waals surface area contributed by atoms with Gasteiger partial charge in [0.1, 0.15) is 0 Å². The molecule has 0 aliphatic carbocycles. The predicted octanol–water partition coefficient (Wildman–Crippen LogP) is 5.71. The molecule has 5 nitrogen and oxygen atoms in total. The molecule has 0 spiro atoms. The van der Waals surface area contributed by atoms with E-state index >= 15 is 0 Å². The predicted molar refractivity (Wildman–Crippen MR) is 105 cm³/mol. The topological polar surface area (TPSA) is 56.7 Å². The molecule has 2 aromatic carbocycles. The van der Waals surface area contributed by atoms with Crippen LogP contribution in [0.1, 0.15) is 12.8 Å². The second kappa shape index (κ2) is 7.31. The number of aryl methyl sites for hydroxylation is 1. The first-order valence-electron chi connectivity index (χ1n) is 8.01. The van der Waals surface area contributed by atoms with E-state index in [1.807, 2.05) is 18.2 Å². The van der Waals surface area contributed by atoms with Crippen LogP contribution >= 0.6 is 35.0 Å². The minimum Gasteiger partial charge on any atom is -0.420 e. The third kappa shape index (κ3) is 3.32. The molecule has 0 fully saturated rings. The van der Waals surface area contributed by atoms with Crippen molar-refractivity contribution in [1.29, 1.82) is 0 Å². The van der Waals surface area contributed by atoms with E-state index in [9.17, 15) is 0 Å². The monoisotopic (exact) mass is 404 g/mol. The number of rotatable bonds is 5. The van der Waals surface area contributed by atoms with Gasteiger partial charge in [-0.15, -0.1) is 10.2 Å². The maximum absolute atomic E-state index is 6.20. The van der Waals surface area contributed by atoms with Gasteiger partial charge in [-0.3, -0.25) is 0 Å². The van der Waals surface area contributed by atoms with E-state index in [1.165, 1.54) is 0 Å². The molecule has 2 heterocycles. The number of para-hydroxylation sites is 2. The van der Waals surface area contributed by atoms with Gasteiger partial charge in [-0.2, -0.15) is 0 Å². The number of aromatic nitrogens is 4. The fraction of sp³-hybridized carbons (Fsp3) is 0.167. The van der Waals surface area contributed by atoms with Crippen molar-refractivity contribution < 1.29 is 4.42 Å². The van der Waals surface area contributed by atoms with E-state index in [0.717, 1.165) is 22.7 Å². The Balaban J connectivity index is 1.55. The van der Waals surface area contributed by atoms with Gasteiger partial charge in [-0.05, 0) is 37.3 Å². The van der Waals surface area contributed by atoms with Gasteiger partial charge in [-0.1, -0.05) is 47.1 Å². The summed E-state index contributed by atoms with van der Waals surface area (Å²) in [5, 5.41) is 10.2. The molecule has 0 radical (unpaired) electrons. The zero-order chi connectivity index (χ0) is 18.1.